The van der Waals surface area contributed by atoms with Crippen LogP contribution in [-0.2, 0) is 4.79 Å². The number of benzene rings is 3. The van der Waals surface area contributed by atoms with Gasteiger partial charge in [-0.15, -0.1) is 10.2 Å². The van der Waals surface area contributed by atoms with E-state index in [0.29, 0.717) is 11.6 Å². The lowest BCUT2D eigenvalue weighted by Crippen LogP contribution is -2.15. The van der Waals surface area contributed by atoms with Crippen LogP contribution in [0.4, 0.5) is 5.69 Å². The zero-order valence-electron chi connectivity index (χ0n) is 18.2. The third-order valence-electron chi connectivity index (χ3n) is 5.52. The van der Waals surface area contributed by atoms with Gasteiger partial charge in [0, 0.05) is 23.3 Å². The van der Waals surface area contributed by atoms with Crippen molar-refractivity contribution in [3.05, 3.63) is 112 Å². The van der Waals surface area contributed by atoms with Crippen LogP contribution in [0.2, 0.25) is 0 Å². The molecule has 9 nitrogen and oxygen atoms in total. The van der Waals surface area contributed by atoms with E-state index in [-0.39, 0.29) is 17.9 Å². The first kappa shape index (κ1) is 21.2. The first-order chi connectivity index (χ1) is 16.5. The molecule has 1 atom stereocenters. The average Bonchev–Trinajstić information content (AvgIpc) is 3.17. The third kappa shape index (κ3) is 3.95. The maximum absolute atomic E-state index is 12.9. The van der Waals surface area contributed by atoms with E-state index in [2.05, 4.69) is 10.2 Å². The summed E-state index contributed by atoms with van der Waals surface area (Å²) in [5.41, 5.74) is 3.37. The lowest BCUT2D eigenvalue weighted by molar-refractivity contribution is -0.384. The van der Waals surface area contributed by atoms with Crippen molar-refractivity contribution in [3.63, 3.8) is 0 Å². The molecule has 0 saturated heterocycles. The summed E-state index contributed by atoms with van der Waals surface area (Å²) in [5, 5.41) is 19.4. The van der Waals surface area contributed by atoms with Crippen molar-refractivity contribution in [3.8, 4) is 11.4 Å². The fraction of sp³-hybridized carbons (Fsp3) is 0.120. The normalized spacial score (nSPS) is 14.4. The molecule has 0 amide bonds. The molecule has 9 heteroatoms. The zero-order valence-corrected chi connectivity index (χ0v) is 18.2. The van der Waals surface area contributed by atoms with Crippen molar-refractivity contribution < 1.29 is 14.5 Å². The number of aromatic nitrogens is 3. The molecule has 1 aliphatic heterocycles. The molecule has 5 rings (SSSR count). The van der Waals surface area contributed by atoms with Crippen molar-refractivity contribution in [2.24, 2.45) is 4.99 Å². The smallest absolute Gasteiger partial charge is 0.313 e. The van der Waals surface area contributed by atoms with Crippen LogP contribution in [0.25, 0.3) is 5.69 Å². The molecule has 0 aliphatic carbocycles. The minimum absolute atomic E-state index is 0.0815. The highest BCUT2D eigenvalue weighted by Gasteiger charge is 2.30. The van der Waals surface area contributed by atoms with Crippen molar-refractivity contribution in [1.82, 2.24) is 14.8 Å². The summed E-state index contributed by atoms with van der Waals surface area (Å²) < 4.78 is 7.36. The third-order valence-corrected chi connectivity index (χ3v) is 5.52. The van der Waals surface area contributed by atoms with E-state index >= 15 is 0 Å². The number of aliphatic imine (C=N–C) groups is 1. The number of hydrogen-bond acceptors (Lipinski definition) is 7. The number of carbonyl (C=O) groups excluding carboxylic acids is 1. The summed E-state index contributed by atoms with van der Waals surface area (Å²) in [6, 6.07) is 22.3. The average molecular weight is 453 g/mol. The van der Waals surface area contributed by atoms with Crippen molar-refractivity contribution in [1.29, 1.82) is 0 Å². The standard InChI is InChI=1S/C25H19N5O4/c1-16-27-28-25-21(15-23(31)34-19-13-11-18(12-14-19)30(32)33)26-24(17-7-3-2-4-8-17)20-9-5-6-10-22(20)29(16)25/h2-14,21H,15H2,1H3. The van der Waals surface area contributed by atoms with Gasteiger partial charge in [-0.05, 0) is 25.1 Å². The molecule has 0 fully saturated rings. The van der Waals surface area contributed by atoms with Gasteiger partial charge in [0.05, 0.1) is 22.7 Å². The molecule has 2 heterocycles. The Morgan fingerprint density at radius 1 is 1.00 bits per heavy atom. The number of non-ortho nitro benzene ring substituents is 1. The second kappa shape index (κ2) is 8.70. The van der Waals surface area contributed by atoms with Gasteiger partial charge in [-0.1, -0.05) is 48.5 Å². The molecule has 34 heavy (non-hydrogen) atoms. The number of para-hydroxylation sites is 1. The molecule has 168 valence electrons. The Labute approximate surface area is 194 Å². The van der Waals surface area contributed by atoms with Crippen LogP contribution in [0.15, 0.2) is 83.9 Å². The number of nitro benzene ring substituents is 1. The van der Waals surface area contributed by atoms with Gasteiger partial charge >= 0.3 is 5.97 Å². The number of carbonyl (C=O) groups is 1. The van der Waals surface area contributed by atoms with E-state index < -0.39 is 16.9 Å². The molecule has 4 aromatic rings. The number of nitro groups is 1. The summed E-state index contributed by atoms with van der Waals surface area (Å²) in [5.74, 6) is 0.905. The molecule has 0 bridgehead atoms. The lowest BCUT2D eigenvalue weighted by Gasteiger charge is -2.12. The predicted molar refractivity (Wildman–Crippen MR) is 124 cm³/mol. The monoisotopic (exact) mass is 453 g/mol. The Morgan fingerprint density at radius 3 is 2.44 bits per heavy atom. The minimum atomic E-state index is -0.644. The first-order valence-electron chi connectivity index (χ1n) is 10.6. The highest BCUT2D eigenvalue weighted by Crippen LogP contribution is 2.32. The molecule has 0 saturated carbocycles. The van der Waals surface area contributed by atoms with Gasteiger partial charge in [0.15, 0.2) is 5.82 Å². The number of fused-ring (bicyclic) bond motifs is 3. The predicted octanol–water partition coefficient (Wildman–Crippen LogP) is 4.37. The van der Waals surface area contributed by atoms with Crippen molar-refractivity contribution in [2.75, 3.05) is 0 Å². The molecular weight excluding hydrogens is 434 g/mol. The van der Waals surface area contributed by atoms with E-state index in [0.717, 1.165) is 22.5 Å². The largest absolute Gasteiger partial charge is 0.426 e. The number of hydrogen-bond donors (Lipinski definition) is 0. The molecule has 0 N–H and O–H groups in total. The van der Waals surface area contributed by atoms with Crippen LogP contribution < -0.4 is 4.74 Å². The second-order valence-corrected chi connectivity index (χ2v) is 7.75. The minimum Gasteiger partial charge on any atom is -0.426 e. The molecule has 3 aromatic carbocycles. The Balaban J connectivity index is 1.53. The van der Waals surface area contributed by atoms with Crippen LogP contribution in [-0.4, -0.2) is 31.4 Å². The summed E-state index contributed by atoms with van der Waals surface area (Å²) >= 11 is 0. The molecule has 1 unspecified atom stereocenters. The molecule has 0 spiro atoms. The Morgan fingerprint density at radius 2 is 1.71 bits per heavy atom. The molecule has 1 aromatic heterocycles. The Hall–Kier alpha value is -4.66. The molecular formula is C25H19N5O4. The van der Waals surface area contributed by atoms with E-state index in [1.54, 1.807) is 0 Å². The van der Waals surface area contributed by atoms with Gasteiger partial charge in [-0.2, -0.15) is 0 Å². The van der Waals surface area contributed by atoms with Gasteiger partial charge in [0.2, 0.25) is 0 Å². The van der Waals surface area contributed by atoms with Crippen LogP contribution >= 0.6 is 0 Å². The van der Waals surface area contributed by atoms with Gasteiger partial charge in [0.25, 0.3) is 5.69 Å². The lowest BCUT2D eigenvalue weighted by atomic mass is 10.0. The number of esters is 1. The summed E-state index contributed by atoms with van der Waals surface area (Å²) in [4.78, 5) is 28.2. The van der Waals surface area contributed by atoms with Crippen LogP contribution in [0.5, 0.6) is 5.75 Å². The van der Waals surface area contributed by atoms with Crippen LogP contribution in [0, 0.1) is 17.0 Å². The van der Waals surface area contributed by atoms with Crippen LogP contribution in [0.3, 0.4) is 0 Å². The number of rotatable bonds is 5. The van der Waals surface area contributed by atoms with E-state index in [1.807, 2.05) is 66.1 Å². The van der Waals surface area contributed by atoms with E-state index in [1.165, 1.54) is 24.3 Å². The number of nitrogens with zero attached hydrogens (tertiary/aromatic N) is 5. The summed E-state index contributed by atoms with van der Waals surface area (Å²) in [6.07, 6.45) is -0.0839. The fourth-order valence-electron chi connectivity index (χ4n) is 3.97. The highest BCUT2D eigenvalue weighted by atomic mass is 16.6. The maximum atomic E-state index is 12.9. The Bertz CT molecular complexity index is 1410. The molecule has 1 aliphatic rings. The number of ether oxygens (including phenoxy) is 1. The van der Waals surface area contributed by atoms with Crippen molar-refractivity contribution in [2.45, 2.75) is 19.4 Å². The number of aryl methyl sites for hydroxylation is 1. The van der Waals surface area contributed by atoms with Crippen LogP contribution in [0.1, 0.15) is 35.2 Å². The second-order valence-electron chi connectivity index (χ2n) is 7.75. The van der Waals surface area contributed by atoms with Gasteiger partial charge in [0.1, 0.15) is 17.6 Å². The quantitative estimate of drug-likeness (QED) is 0.192. The van der Waals surface area contributed by atoms with Crippen molar-refractivity contribution >= 4 is 17.4 Å². The SMILES string of the molecule is Cc1nnc2n1-c1ccccc1C(c1ccccc1)=NC2CC(=O)Oc1ccc([N+](=O)[O-])cc1. The summed E-state index contributed by atoms with van der Waals surface area (Å²) in [6.45, 7) is 1.85. The fourth-order valence-corrected chi connectivity index (χ4v) is 3.97. The van der Waals surface area contributed by atoms with Gasteiger partial charge < -0.3 is 4.74 Å². The Kier molecular flexibility index (Phi) is 5.43. The summed E-state index contributed by atoms with van der Waals surface area (Å²) in [7, 11) is 0. The first-order valence-corrected chi connectivity index (χ1v) is 10.6. The van der Waals surface area contributed by atoms with Gasteiger partial charge in [-0.3, -0.25) is 24.5 Å². The maximum Gasteiger partial charge on any atom is 0.313 e. The van der Waals surface area contributed by atoms with Gasteiger partial charge in [-0.25, -0.2) is 0 Å². The molecule has 0 radical (unpaired) electrons. The highest BCUT2D eigenvalue weighted by molar-refractivity contribution is 6.15. The zero-order chi connectivity index (χ0) is 23.7. The van der Waals surface area contributed by atoms with E-state index in [4.69, 9.17) is 9.73 Å². The topological polar surface area (TPSA) is 113 Å². The van der Waals surface area contributed by atoms with E-state index in [9.17, 15) is 14.9 Å².